The molecule has 146 valence electrons. The van der Waals surface area contributed by atoms with Crippen LogP contribution in [0.15, 0.2) is 40.0 Å². The number of benzene rings is 1. The maximum atomic E-state index is 12.9. The summed E-state index contributed by atoms with van der Waals surface area (Å²) in [6, 6.07) is 7.44. The lowest BCUT2D eigenvalue weighted by atomic mass is 9.92. The average molecular weight is 391 g/mol. The Bertz CT molecular complexity index is 1010. The largest absolute Gasteiger partial charge is 0.341 e. The first-order valence-electron chi connectivity index (χ1n) is 9.04. The molecule has 0 spiro atoms. The highest BCUT2D eigenvalue weighted by molar-refractivity contribution is 7.89. The van der Waals surface area contributed by atoms with Gasteiger partial charge in [-0.3, -0.25) is 9.59 Å². The minimum atomic E-state index is -3.81. The van der Waals surface area contributed by atoms with Crippen LogP contribution in [0, 0.1) is 11.8 Å². The molecule has 27 heavy (non-hydrogen) atoms. The van der Waals surface area contributed by atoms with Crippen molar-refractivity contribution >= 4 is 26.8 Å². The first-order valence-corrected chi connectivity index (χ1v) is 10.5. The molecule has 0 unspecified atom stereocenters. The van der Waals surface area contributed by atoms with E-state index in [1.165, 1.54) is 25.2 Å². The fraction of sp³-hybridized carbons (Fsp3) is 0.474. The lowest BCUT2D eigenvalue weighted by Gasteiger charge is -2.35. The molecule has 1 aromatic carbocycles. The number of hydrogen-bond donors (Lipinski definition) is 1. The Hall–Kier alpha value is -2.19. The van der Waals surface area contributed by atoms with Crippen molar-refractivity contribution < 1.29 is 13.2 Å². The maximum Gasteiger partial charge on any atom is 0.248 e. The molecular formula is C19H25N3O4S. The first-order chi connectivity index (χ1) is 12.7. The predicted molar refractivity (Wildman–Crippen MR) is 104 cm³/mol. The predicted octanol–water partition coefficient (Wildman–Crippen LogP) is 1.65. The molecule has 0 radical (unpaired) electrons. The number of nitrogens with one attached hydrogen (secondary N) is 1. The second-order valence-electron chi connectivity index (χ2n) is 7.58. The second kappa shape index (κ2) is 7.44. The van der Waals surface area contributed by atoms with Crippen molar-refractivity contribution in [3.63, 3.8) is 0 Å². The van der Waals surface area contributed by atoms with Crippen LogP contribution in [0.5, 0.6) is 0 Å². The number of aromatic amines is 1. The Balaban J connectivity index is 1.78. The van der Waals surface area contributed by atoms with Gasteiger partial charge in [-0.05, 0) is 47.9 Å². The molecule has 1 saturated heterocycles. The number of aromatic nitrogens is 1. The molecule has 2 atom stereocenters. The lowest BCUT2D eigenvalue weighted by molar-refractivity contribution is -0.133. The molecule has 0 aliphatic carbocycles. The van der Waals surface area contributed by atoms with Crippen molar-refractivity contribution in [1.82, 2.24) is 14.2 Å². The van der Waals surface area contributed by atoms with Gasteiger partial charge in [0.05, 0.1) is 11.4 Å². The fourth-order valence-corrected chi connectivity index (χ4v) is 4.87. The molecule has 1 amide bonds. The Morgan fingerprint density at radius 3 is 2.52 bits per heavy atom. The normalized spacial score (nSPS) is 21.0. The summed E-state index contributed by atoms with van der Waals surface area (Å²) < 4.78 is 26.8. The van der Waals surface area contributed by atoms with Gasteiger partial charge in [-0.1, -0.05) is 13.8 Å². The van der Waals surface area contributed by atoms with Gasteiger partial charge in [0.15, 0.2) is 0 Å². The number of nitrogens with zero attached hydrogens (tertiary/aromatic N) is 2. The van der Waals surface area contributed by atoms with Gasteiger partial charge in [0.25, 0.3) is 0 Å². The Labute approximate surface area is 159 Å². The van der Waals surface area contributed by atoms with Gasteiger partial charge < -0.3 is 9.88 Å². The highest BCUT2D eigenvalue weighted by Crippen LogP contribution is 2.22. The quantitative estimate of drug-likeness (QED) is 0.858. The highest BCUT2D eigenvalue weighted by atomic mass is 32.2. The fourth-order valence-electron chi connectivity index (χ4n) is 3.71. The standard InChI is InChI=1S/C19H25N3O4S/c1-13-8-14(2)11-22(10-13)19(24)12-21(3)27(25,26)16-5-6-17-15(9-16)4-7-18(23)20-17/h4-7,9,13-14H,8,10-12H2,1-3H3,(H,20,23)/t13-,14+. The number of H-pyrrole nitrogens is 1. The van der Waals surface area contributed by atoms with Crippen LogP contribution in [0.1, 0.15) is 20.3 Å². The van der Waals surface area contributed by atoms with Gasteiger partial charge in [0.1, 0.15) is 0 Å². The number of sulfonamides is 1. The molecule has 2 heterocycles. The molecule has 0 saturated carbocycles. The molecule has 1 aromatic heterocycles. The highest BCUT2D eigenvalue weighted by Gasteiger charge is 2.29. The van der Waals surface area contributed by atoms with Gasteiger partial charge in [0.2, 0.25) is 21.5 Å². The van der Waals surface area contributed by atoms with Crippen LogP contribution >= 0.6 is 0 Å². The van der Waals surface area contributed by atoms with E-state index in [0.29, 0.717) is 35.8 Å². The third-order valence-corrected chi connectivity index (χ3v) is 6.78. The van der Waals surface area contributed by atoms with Gasteiger partial charge in [-0.25, -0.2) is 8.42 Å². The number of piperidine rings is 1. The summed E-state index contributed by atoms with van der Waals surface area (Å²) in [6.45, 7) is 5.36. The number of rotatable bonds is 4. The third-order valence-electron chi connectivity index (χ3n) is 4.98. The number of likely N-dealkylation sites (N-methyl/N-ethyl adjacent to an activating group) is 1. The smallest absolute Gasteiger partial charge is 0.248 e. The SMILES string of the molecule is C[C@@H]1C[C@H](C)CN(C(=O)CN(C)S(=O)(=O)c2ccc3[nH]c(=O)ccc3c2)C1. The summed E-state index contributed by atoms with van der Waals surface area (Å²) in [7, 11) is -2.39. The zero-order valence-electron chi connectivity index (χ0n) is 15.8. The topological polar surface area (TPSA) is 90.6 Å². The summed E-state index contributed by atoms with van der Waals surface area (Å²) in [6.07, 6.45) is 1.08. The number of carbonyl (C=O) groups is 1. The third kappa shape index (κ3) is 4.22. The summed E-state index contributed by atoms with van der Waals surface area (Å²) in [5.74, 6) is 0.661. The number of amides is 1. The number of likely N-dealkylation sites (tertiary alicyclic amines) is 1. The zero-order valence-corrected chi connectivity index (χ0v) is 16.6. The summed E-state index contributed by atoms with van der Waals surface area (Å²) in [4.78, 5) is 28.5. The van der Waals surface area contributed by atoms with Crippen molar-refractivity contribution in [1.29, 1.82) is 0 Å². The zero-order chi connectivity index (χ0) is 19.8. The Morgan fingerprint density at radius 2 is 1.85 bits per heavy atom. The minimum absolute atomic E-state index is 0.0951. The van der Waals surface area contributed by atoms with E-state index in [2.05, 4.69) is 18.8 Å². The van der Waals surface area contributed by atoms with Crippen LogP contribution in [0.2, 0.25) is 0 Å². The number of pyridine rings is 1. The van der Waals surface area contributed by atoms with Crippen molar-refractivity contribution in [2.24, 2.45) is 11.8 Å². The summed E-state index contributed by atoms with van der Waals surface area (Å²) >= 11 is 0. The molecule has 1 fully saturated rings. The van der Waals surface area contributed by atoms with Crippen molar-refractivity contribution in [3.8, 4) is 0 Å². The first kappa shape index (κ1) is 19.6. The molecule has 1 N–H and O–H groups in total. The van der Waals surface area contributed by atoms with Crippen LogP contribution in [0.3, 0.4) is 0 Å². The molecule has 3 rings (SSSR count). The van der Waals surface area contributed by atoms with E-state index in [-0.39, 0.29) is 22.9 Å². The summed E-state index contributed by atoms with van der Waals surface area (Å²) in [5.41, 5.74) is 0.322. The van der Waals surface area contributed by atoms with E-state index in [1.807, 2.05) is 0 Å². The van der Waals surface area contributed by atoms with E-state index in [4.69, 9.17) is 0 Å². The molecule has 8 heteroatoms. The van der Waals surface area contributed by atoms with Crippen molar-refractivity contribution in [3.05, 3.63) is 40.7 Å². The molecular weight excluding hydrogens is 366 g/mol. The van der Waals surface area contributed by atoms with Crippen LogP contribution in [-0.2, 0) is 14.8 Å². The van der Waals surface area contributed by atoms with Gasteiger partial charge in [0, 0.05) is 31.7 Å². The Morgan fingerprint density at radius 1 is 1.19 bits per heavy atom. The second-order valence-corrected chi connectivity index (χ2v) is 9.62. The molecule has 7 nitrogen and oxygen atoms in total. The van der Waals surface area contributed by atoms with Crippen LogP contribution in [-0.4, -0.2) is 55.2 Å². The minimum Gasteiger partial charge on any atom is -0.341 e. The monoisotopic (exact) mass is 391 g/mol. The molecule has 2 aromatic rings. The van der Waals surface area contributed by atoms with Gasteiger partial charge in [-0.15, -0.1) is 0 Å². The maximum absolute atomic E-state index is 12.9. The van der Waals surface area contributed by atoms with E-state index in [1.54, 1.807) is 17.0 Å². The Kier molecular flexibility index (Phi) is 5.39. The molecule has 1 aliphatic rings. The van der Waals surface area contributed by atoms with E-state index in [0.717, 1.165) is 10.7 Å². The summed E-state index contributed by atoms with van der Waals surface area (Å²) in [5, 5.41) is 0.620. The average Bonchev–Trinajstić information content (AvgIpc) is 2.60. The van der Waals surface area contributed by atoms with E-state index in [9.17, 15) is 18.0 Å². The molecule has 1 aliphatic heterocycles. The van der Waals surface area contributed by atoms with Crippen LogP contribution < -0.4 is 5.56 Å². The van der Waals surface area contributed by atoms with Gasteiger partial charge in [-0.2, -0.15) is 4.31 Å². The van der Waals surface area contributed by atoms with Crippen LogP contribution in [0.25, 0.3) is 10.9 Å². The van der Waals surface area contributed by atoms with Crippen LogP contribution in [0.4, 0.5) is 0 Å². The van der Waals surface area contributed by atoms with E-state index >= 15 is 0 Å². The number of carbonyl (C=O) groups excluding carboxylic acids is 1. The number of fused-ring (bicyclic) bond motifs is 1. The lowest BCUT2D eigenvalue weighted by Crippen LogP contribution is -2.47. The molecule has 0 bridgehead atoms. The van der Waals surface area contributed by atoms with E-state index < -0.39 is 10.0 Å². The van der Waals surface area contributed by atoms with Crippen molar-refractivity contribution in [2.45, 2.75) is 25.2 Å². The van der Waals surface area contributed by atoms with Gasteiger partial charge >= 0.3 is 0 Å². The number of hydrogen-bond acceptors (Lipinski definition) is 4. The van der Waals surface area contributed by atoms with Crippen molar-refractivity contribution in [2.75, 3.05) is 26.7 Å².